The average Bonchev–Trinajstić information content (AvgIpc) is 3.24. The highest BCUT2D eigenvalue weighted by Crippen LogP contribution is 2.34. The van der Waals surface area contributed by atoms with E-state index in [-0.39, 0.29) is 12.7 Å². The molecule has 1 aromatic carbocycles. The van der Waals surface area contributed by atoms with Crippen molar-refractivity contribution in [2.75, 3.05) is 27.1 Å². The zero-order valence-electron chi connectivity index (χ0n) is 15.4. The van der Waals surface area contributed by atoms with Crippen LogP contribution in [0.5, 0.6) is 11.5 Å². The summed E-state index contributed by atoms with van der Waals surface area (Å²) in [5.74, 6) is 2.26. The normalized spacial score (nSPS) is 26.1. The molecule has 142 valence electrons. The predicted molar refractivity (Wildman–Crippen MR) is 97.1 cm³/mol. The monoisotopic (exact) mass is 360 g/mol. The first-order valence-electron chi connectivity index (χ1n) is 9.62. The molecule has 26 heavy (non-hydrogen) atoms. The Balaban J connectivity index is 1.39. The van der Waals surface area contributed by atoms with Gasteiger partial charge in [0.15, 0.2) is 11.5 Å². The highest BCUT2D eigenvalue weighted by Gasteiger charge is 2.34. The minimum absolute atomic E-state index is 0.228. The third kappa shape index (κ3) is 3.96. The summed E-state index contributed by atoms with van der Waals surface area (Å²) >= 11 is 0. The number of benzene rings is 1. The molecule has 6 nitrogen and oxygen atoms in total. The van der Waals surface area contributed by atoms with E-state index in [2.05, 4.69) is 5.32 Å². The van der Waals surface area contributed by atoms with Crippen molar-refractivity contribution in [3.05, 3.63) is 23.8 Å². The van der Waals surface area contributed by atoms with E-state index in [0.717, 1.165) is 29.9 Å². The molecule has 0 aromatic heterocycles. The van der Waals surface area contributed by atoms with Crippen molar-refractivity contribution >= 4 is 5.91 Å². The van der Waals surface area contributed by atoms with Crippen LogP contribution in [-0.2, 0) is 16.1 Å². The van der Waals surface area contributed by atoms with Crippen molar-refractivity contribution in [3.63, 3.8) is 0 Å². The zero-order valence-corrected chi connectivity index (χ0v) is 15.4. The molecule has 2 fully saturated rings. The van der Waals surface area contributed by atoms with Crippen LogP contribution in [-0.4, -0.2) is 49.9 Å². The number of fused-ring (bicyclic) bond motifs is 3. The molecule has 0 aliphatic carbocycles. The molecule has 1 N–H and O–H groups in total. The summed E-state index contributed by atoms with van der Waals surface area (Å²) in [5, 5.41) is 3.65. The minimum atomic E-state index is 0.228. The third-order valence-electron chi connectivity index (χ3n) is 5.76. The Hall–Kier alpha value is -1.79. The number of methoxy groups -OCH3 is 1. The first kappa shape index (κ1) is 17.6. The standard InChI is InChI=1S/C20H28N2O4/c1-24-7-6-22(12-14-2-5-18-19(10-14)26-13-25-18)20(23)11-15-8-16-3-4-17(9-15)21-16/h2,5,10,15-17,21H,3-4,6-9,11-13H2,1H3. The van der Waals surface area contributed by atoms with Crippen molar-refractivity contribution < 1.29 is 19.0 Å². The molecule has 3 aliphatic rings. The molecule has 3 heterocycles. The van der Waals surface area contributed by atoms with E-state index in [4.69, 9.17) is 14.2 Å². The van der Waals surface area contributed by atoms with Crippen molar-refractivity contribution in [2.24, 2.45) is 5.92 Å². The molecular formula is C20H28N2O4. The number of nitrogens with zero attached hydrogens (tertiary/aromatic N) is 1. The van der Waals surface area contributed by atoms with Crippen LogP contribution in [0, 0.1) is 5.92 Å². The fourth-order valence-electron chi connectivity index (χ4n) is 4.47. The highest BCUT2D eigenvalue weighted by atomic mass is 16.7. The summed E-state index contributed by atoms with van der Waals surface area (Å²) in [6.45, 7) is 2.01. The minimum Gasteiger partial charge on any atom is -0.454 e. The molecule has 0 radical (unpaired) electrons. The molecule has 0 spiro atoms. The van der Waals surface area contributed by atoms with Crippen LogP contribution >= 0.6 is 0 Å². The van der Waals surface area contributed by atoms with Gasteiger partial charge in [-0.3, -0.25) is 4.79 Å². The third-order valence-corrected chi connectivity index (χ3v) is 5.76. The Kier molecular flexibility index (Phi) is 5.31. The number of nitrogens with one attached hydrogen (secondary N) is 1. The van der Waals surface area contributed by atoms with Gasteiger partial charge in [0.1, 0.15) is 0 Å². The summed E-state index contributed by atoms with van der Waals surface area (Å²) in [6, 6.07) is 7.13. The van der Waals surface area contributed by atoms with Crippen LogP contribution in [0.1, 0.15) is 37.7 Å². The van der Waals surface area contributed by atoms with Gasteiger partial charge < -0.3 is 24.4 Å². The Morgan fingerprint density at radius 1 is 1.23 bits per heavy atom. The fourth-order valence-corrected chi connectivity index (χ4v) is 4.47. The zero-order chi connectivity index (χ0) is 17.9. The van der Waals surface area contributed by atoms with Crippen molar-refractivity contribution in [1.82, 2.24) is 10.2 Å². The van der Waals surface area contributed by atoms with E-state index in [9.17, 15) is 4.79 Å². The molecule has 2 atom stereocenters. The maximum atomic E-state index is 13.0. The van der Waals surface area contributed by atoms with E-state index >= 15 is 0 Å². The van der Waals surface area contributed by atoms with Gasteiger partial charge in [-0.05, 0) is 49.3 Å². The molecule has 2 bridgehead atoms. The molecule has 2 saturated heterocycles. The lowest BCUT2D eigenvalue weighted by Gasteiger charge is -2.31. The van der Waals surface area contributed by atoms with E-state index in [1.54, 1.807) is 7.11 Å². The average molecular weight is 360 g/mol. The topological polar surface area (TPSA) is 60.0 Å². The molecule has 4 rings (SSSR count). The van der Waals surface area contributed by atoms with Gasteiger partial charge in [0.2, 0.25) is 12.7 Å². The van der Waals surface area contributed by atoms with Crippen LogP contribution in [0.25, 0.3) is 0 Å². The van der Waals surface area contributed by atoms with Gasteiger partial charge in [-0.25, -0.2) is 0 Å². The molecule has 1 amide bonds. The second-order valence-corrected chi connectivity index (χ2v) is 7.68. The fraction of sp³-hybridized carbons (Fsp3) is 0.650. The Bertz CT molecular complexity index is 639. The number of carbonyl (C=O) groups excluding carboxylic acids is 1. The van der Waals surface area contributed by atoms with Crippen LogP contribution < -0.4 is 14.8 Å². The van der Waals surface area contributed by atoms with Crippen molar-refractivity contribution in [2.45, 2.75) is 50.7 Å². The molecular weight excluding hydrogens is 332 g/mol. The van der Waals surface area contributed by atoms with Crippen LogP contribution in [0.2, 0.25) is 0 Å². The van der Waals surface area contributed by atoms with Crippen molar-refractivity contribution in [3.8, 4) is 11.5 Å². The van der Waals surface area contributed by atoms with Gasteiger partial charge in [0.05, 0.1) is 6.61 Å². The highest BCUT2D eigenvalue weighted by molar-refractivity contribution is 5.76. The van der Waals surface area contributed by atoms with E-state index in [1.165, 1.54) is 12.8 Å². The second kappa shape index (κ2) is 7.84. The molecule has 1 aromatic rings. The van der Waals surface area contributed by atoms with Gasteiger partial charge in [-0.1, -0.05) is 6.07 Å². The van der Waals surface area contributed by atoms with E-state index in [1.807, 2.05) is 23.1 Å². The SMILES string of the molecule is COCCN(Cc1ccc2c(c1)OCO2)C(=O)CC1CC2CCC(C1)N2. The number of piperidine rings is 1. The maximum absolute atomic E-state index is 13.0. The van der Waals surface area contributed by atoms with E-state index < -0.39 is 0 Å². The van der Waals surface area contributed by atoms with Gasteiger partial charge in [0.25, 0.3) is 0 Å². The summed E-state index contributed by atoms with van der Waals surface area (Å²) < 4.78 is 16.0. The molecule has 0 saturated carbocycles. The smallest absolute Gasteiger partial charge is 0.231 e. The maximum Gasteiger partial charge on any atom is 0.231 e. The Labute approximate surface area is 154 Å². The lowest BCUT2D eigenvalue weighted by Crippen LogP contribution is -2.41. The Morgan fingerprint density at radius 3 is 2.77 bits per heavy atom. The van der Waals surface area contributed by atoms with Crippen LogP contribution in [0.15, 0.2) is 18.2 Å². The summed E-state index contributed by atoms with van der Waals surface area (Å²) in [6.07, 6.45) is 5.43. The molecule has 3 aliphatic heterocycles. The second-order valence-electron chi connectivity index (χ2n) is 7.68. The number of hydrogen-bond acceptors (Lipinski definition) is 5. The summed E-state index contributed by atoms with van der Waals surface area (Å²) in [5.41, 5.74) is 1.06. The lowest BCUT2D eigenvalue weighted by atomic mass is 9.89. The Morgan fingerprint density at radius 2 is 2.00 bits per heavy atom. The van der Waals surface area contributed by atoms with Crippen LogP contribution in [0.3, 0.4) is 0 Å². The van der Waals surface area contributed by atoms with Crippen molar-refractivity contribution in [1.29, 1.82) is 0 Å². The van der Waals surface area contributed by atoms with Crippen LogP contribution in [0.4, 0.5) is 0 Å². The predicted octanol–water partition coefficient (Wildman–Crippen LogP) is 2.31. The first-order valence-corrected chi connectivity index (χ1v) is 9.62. The number of ether oxygens (including phenoxy) is 3. The summed E-state index contributed by atoms with van der Waals surface area (Å²) in [4.78, 5) is 14.9. The number of hydrogen-bond donors (Lipinski definition) is 1. The van der Waals surface area contributed by atoms with Gasteiger partial charge in [-0.15, -0.1) is 0 Å². The van der Waals surface area contributed by atoms with Gasteiger partial charge >= 0.3 is 0 Å². The van der Waals surface area contributed by atoms with Gasteiger partial charge in [0, 0.05) is 38.7 Å². The quantitative estimate of drug-likeness (QED) is 0.809. The first-order chi connectivity index (χ1) is 12.7. The van der Waals surface area contributed by atoms with Gasteiger partial charge in [-0.2, -0.15) is 0 Å². The number of amides is 1. The summed E-state index contributed by atoms with van der Waals surface area (Å²) in [7, 11) is 1.67. The molecule has 2 unspecified atom stereocenters. The number of rotatable bonds is 7. The largest absolute Gasteiger partial charge is 0.454 e. The molecule has 6 heteroatoms. The van der Waals surface area contributed by atoms with E-state index in [0.29, 0.717) is 44.1 Å². The lowest BCUT2D eigenvalue weighted by molar-refractivity contribution is -0.133. The number of carbonyl (C=O) groups is 1.